The van der Waals surface area contributed by atoms with E-state index in [0.29, 0.717) is 68.5 Å². The molecule has 0 aliphatic carbocycles. The summed E-state index contributed by atoms with van der Waals surface area (Å²) in [6.45, 7) is 6.27. The number of methoxy groups -OCH3 is 1. The lowest BCUT2D eigenvalue weighted by atomic mass is 9.99. The number of ketones is 1. The summed E-state index contributed by atoms with van der Waals surface area (Å²) in [4.78, 5) is 30.1. The molecule has 4 heterocycles. The van der Waals surface area contributed by atoms with Crippen molar-refractivity contribution in [3.05, 3.63) is 64.3 Å². The van der Waals surface area contributed by atoms with E-state index in [1.54, 1.807) is 38.9 Å². The second-order valence-corrected chi connectivity index (χ2v) is 15.0. The normalized spacial score (nSPS) is 12.8. The predicted octanol–water partition coefficient (Wildman–Crippen LogP) is 5.06. The molecule has 0 amide bonds. The minimum atomic E-state index is -2.88. The third kappa shape index (κ3) is 5.82. The van der Waals surface area contributed by atoms with E-state index in [4.69, 9.17) is 9.72 Å². The molecule has 12 nitrogen and oxygen atoms in total. The first-order valence-corrected chi connectivity index (χ1v) is 17.2. The second-order valence-electron chi connectivity index (χ2n) is 11.0. The van der Waals surface area contributed by atoms with Gasteiger partial charge in [-0.2, -0.15) is 10.1 Å². The summed E-state index contributed by atoms with van der Waals surface area (Å²) < 4.78 is 21.8. The van der Waals surface area contributed by atoms with Gasteiger partial charge in [0.15, 0.2) is 0 Å². The van der Waals surface area contributed by atoms with Crippen molar-refractivity contribution in [1.29, 1.82) is 0 Å². The molecule has 0 atom stereocenters. The van der Waals surface area contributed by atoms with Gasteiger partial charge in [-0.3, -0.25) is 14.5 Å². The van der Waals surface area contributed by atoms with Gasteiger partial charge in [0.05, 0.1) is 51.4 Å². The molecule has 0 fully saturated rings. The average molecular weight is 677 g/mol. The van der Waals surface area contributed by atoms with Crippen LogP contribution in [0, 0.1) is 0 Å². The number of carbonyl (C=O) groups is 1. The summed E-state index contributed by atoms with van der Waals surface area (Å²) >= 11 is 3.55. The Morgan fingerprint density at radius 3 is 2.64 bits per heavy atom. The van der Waals surface area contributed by atoms with Crippen molar-refractivity contribution < 1.29 is 14.1 Å². The van der Waals surface area contributed by atoms with Gasteiger partial charge in [0, 0.05) is 44.5 Å². The Bertz CT molecular complexity index is 1990. The van der Waals surface area contributed by atoms with Crippen molar-refractivity contribution in [3.8, 4) is 16.9 Å². The van der Waals surface area contributed by atoms with Crippen molar-refractivity contribution in [2.45, 2.75) is 26.4 Å². The number of rotatable bonds is 8. The number of fused-ring (bicyclic) bond motifs is 4. The molecule has 0 bridgehead atoms. The number of hydrogen-bond donors (Lipinski definition) is 3. The quantitative estimate of drug-likeness (QED) is 0.189. The van der Waals surface area contributed by atoms with Gasteiger partial charge in [0.2, 0.25) is 5.95 Å². The SMILES string of the molecule is COc1cc2c(cc1Nc1ncc(Br)c(Nc3ccc4ncc(CC(C)=O)nc4c3P(C)(C)=O)n1)-c1cnn(C)c1CNC2. The van der Waals surface area contributed by atoms with Gasteiger partial charge in [-0.1, -0.05) is 0 Å². The molecule has 1 aliphatic heterocycles. The molecule has 6 rings (SSSR count). The van der Waals surface area contributed by atoms with Crippen LogP contribution in [0.25, 0.3) is 22.2 Å². The number of hydrogen-bond acceptors (Lipinski definition) is 11. The number of aromatic nitrogens is 6. The molecule has 14 heteroatoms. The van der Waals surface area contributed by atoms with Crippen LogP contribution in [0.5, 0.6) is 5.75 Å². The van der Waals surface area contributed by atoms with Gasteiger partial charge >= 0.3 is 0 Å². The Balaban J connectivity index is 1.38. The largest absolute Gasteiger partial charge is 0.495 e. The summed E-state index contributed by atoms with van der Waals surface area (Å²) in [5.41, 5.74) is 7.17. The van der Waals surface area contributed by atoms with Gasteiger partial charge in [0.25, 0.3) is 0 Å². The number of anilines is 4. The highest BCUT2D eigenvalue weighted by Crippen LogP contribution is 2.42. The Hall–Kier alpha value is -4.19. The molecule has 5 aromatic rings. The number of halogens is 1. The lowest BCUT2D eigenvalue weighted by Gasteiger charge is -2.18. The van der Waals surface area contributed by atoms with Gasteiger partial charge in [-0.25, -0.2) is 9.97 Å². The maximum absolute atomic E-state index is 13.6. The van der Waals surface area contributed by atoms with Crippen LogP contribution in [0.3, 0.4) is 0 Å². The van der Waals surface area contributed by atoms with Gasteiger partial charge in [-0.05, 0) is 71.6 Å². The van der Waals surface area contributed by atoms with Crippen molar-refractivity contribution >= 4 is 68.3 Å². The molecule has 0 radical (unpaired) electrons. The number of carbonyl (C=O) groups excluding carboxylic acids is 1. The first kappa shape index (κ1) is 29.9. The lowest BCUT2D eigenvalue weighted by molar-refractivity contribution is -0.116. The van der Waals surface area contributed by atoms with E-state index < -0.39 is 7.14 Å². The van der Waals surface area contributed by atoms with Crippen molar-refractivity contribution in [3.63, 3.8) is 0 Å². The van der Waals surface area contributed by atoms with Gasteiger partial charge in [-0.15, -0.1) is 0 Å². The number of nitrogens with zero attached hydrogens (tertiary/aromatic N) is 6. The smallest absolute Gasteiger partial charge is 0.229 e. The zero-order valence-corrected chi connectivity index (χ0v) is 27.4. The van der Waals surface area contributed by atoms with Crippen LogP contribution in [0.15, 0.2) is 47.3 Å². The summed E-state index contributed by atoms with van der Waals surface area (Å²) in [5.74, 6) is 1.40. The highest BCUT2D eigenvalue weighted by Gasteiger charge is 2.24. The van der Waals surface area contributed by atoms with Crippen LogP contribution in [-0.4, -0.2) is 55.9 Å². The Labute approximate surface area is 262 Å². The maximum Gasteiger partial charge on any atom is 0.229 e. The van der Waals surface area contributed by atoms with Crippen LogP contribution < -0.4 is 26.0 Å². The molecule has 0 saturated heterocycles. The van der Waals surface area contributed by atoms with Crippen molar-refractivity contribution in [2.24, 2.45) is 7.05 Å². The maximum atomic E-state index is 13.6. The minimum absolute atomic E-state index is 0.0285. The molecular weight excluding hydrogens is 645 g/mol. The zero-order valence-electron chi connectivity index (χ0n) is 24.9. The molecule has 1 aliphatic rings. The van der Waals surface area contributed by atoms with E-state index in [9.17, 15) is 9.36 Å². The first-order chi connectivity index (χ1) is 21.0. The number of benzene rings is 2. The fraction of sp³-hybridized carbons (Fsp3) is 0.267. The molecule has 0 spiro atoms. The number of Topliss-reactive ketones (excluding diaryl/α,β-unsaturated/α-hetero) is 1. The minimum Gasteiger partial charge on any atom is -0.495 e. The van der Waals surface area contributed by atoms with E-state index in [1.807, 2.05) is 36.1 Å². The fourth-order valence-corrected chi connectivity index (χ4v) is 7.02. The second kappa shape index (κ2) is 11.7. The van der Waals surface area contributed by atoms with Gasteiger partial charge < -0.3 is 25.3 Å². The molecule has 226 valence electrons. The number of nitrogens with one attached hydrogen (secondary N) is 3. The Kier molecular flexibility index (Phi) is 7.95. The Morgan fingerprint density at radius 2 is 1.89 bits per heavy atom. The molecule has 0 saturated carbocycles. The molecule has 44 heavy (non-hydrogen) atoms. The number of aryl methyl sites for hydroxylation is 1. The molecular formula is C30H31BrN9O3P. The highest BCUT2D eigenvalue weighted by atomic mass is 79.9. The van der Waals surface area contributed by atoms with Crippen molar-refractivity contribution in [1.82, 2.24) is 35.0 Å². The van der Waals surface area contributed by atoms with Gasteiger partial charge in [0.1, 0.15) is 30.0 Å². The summed E-state index contributed by atoms with van der Waals surface area (Å²) in [5, 5.41) is 15.1. The van der Waals surface area contributed by atoms with E-state index in [0.717, 1.165) is 22.4 Å². The first-order valence-electron chi connectivity index (χ1n) is 13.8. The van der Waals surface area contributed by atoms with Crippen LogP contribution in [0.1, 0.15) is 23.9 Å². The molecule has 0 unspecified atom stereocenters. The topological polar surface area (TPSA) is 149 Å². The highest BCUT2D eigenvalue weighted by molar-refractivity contribution is 9.10. The summed E-state index contributed by atoms with van der Waals surface area (Å²) in [6, 6.07) is 7.65. The average Bonchev–Trinajstić information content (AvgIpc) is 3.23. The van der Waals surface area contributed by atoms with E-state index in [2.05, 4.69) is 51.9 Å². The van der Waals surface area contributed by atoms with Crippen LogP contribution >= 0.6 is 23.1 Å². The third-order valence-corrected chi connectivity index (χ3v) is 9.45. The fourth-order valence-electron chi connectivity index (χ4n) is 5.35. The monoisotopic (exact) mass is 675 g/mol. The third-order valence-electron chi connectivity index (χ3n) is 7.34. The van der Waals surface area contributed by atoms with Crippen LogP contribution in [0.2, 0.25) is 0 Å². The summed E-state index contributed by atoms with van der Waals surface area (Å²) in [7, 11) is 0.687. The lowest BCUT2D eigenvalue weighted by Crippen LogP contribution is -2.15. The summed E-state index contributed by atoms with van der Waals surface area (Å²) in [6.07, 6.45) is 5.25. The van der Waals surface area contributed by atoms with E-state index in [-0.39, 0.29) is 12.2 Å². The standard InChI is InChI=1S/C30H31BrN9O3P/c1-16(41)8-18-12-33-22-6-7-23(28(27(22)36-18)44(4,5)42)37-29-21(31)14-34-30(39-29)38-24-10-19-17(9-26(24)43-3)11-32-15-25-20(19)13-35-40(25)2/h6-7,9-10,12-14,32H,8,11,15H2,1-5H3,(H2,34,37,38,39). The zero-order chi connectivity index (χ0) is 31.2. The number of ether oxygens (including phenoxy) is 1. The molecule has 2 aromatic carbocycles. The van der Waals surface area contributed by atoms with E-state index >= 15 is 0 Å². The predicted molar refractivity (Wildman–Crippen MR) is 175 cm³/mol. The van der Waals surface area contributed by atoms with Crippen LogP contribution in [0.4, 0.5) is 23.1 Å². The van der Waals surface area contributed by atoms with E-state index in [1.165, 1.54) is 6.92 Å². The molecule has 3 N–H and O–H groups in total. The Morgan fingerprint density at radius 1 is 1.07 bits per heavy atom. The van der Waals surface area contributed by atoms with Crippen molar-refractivity contribution in [2.75, 3.05) is 31.1 Å². The van der Waals surface area contributed by atoms with Crippen LogP contribution in [-0.2, 0) is 35.9 Å². The molecule has 3 aromatic heterocycles.